The summed E-state index contributed by atoms with van der Waals surface area (Å²) >= 11 is 1.49. The smallest absolute Gasteiger partial charge is 0.251 e. The molecule has 2 aromatic rings. The van der Waals surface area contributed by atoms with E-state index in [4.69, 9.17) is 5.73 Å². The molecule has 0 bridgehead atoms. The Morgan fingerprint density at radius 2 is 2.11 bits per heavy atom. The molecule has 5 nitrogen and oxygen atoms in total. The molecule has 1 aromatic heterocycles. The van der Waals surface area contributed by atoms with Crippen LogP contribution >= 0.6 is 23.7 Å². The van der Waals surface area contributed by atoms with Crippen molar-refractivity contribution in [1.29, 1.82) is 0 Å². The third-order valence-corrected chi connectivity index (χ3v) is 5.75. The maximum atomic E-state index is 12.5. The Bertz CT molecular complexity index is 835. The SMILES string of the molecule is CCCN1CCc2c(sc(NC(=O)Cc3cccc(C)c3)c2C(N)=O)C1.Cl. The first-order valence-corrected chi connectivity index (χ1v) is 9.81. The molecule has 0 unspecified atom stereocenters. The minimum Gasteiger partial charge on any atom is -0.365 e. The van der Waals surface area contributed by atoms with Crippen LogP contribution in [-0.4, -0.2) is 29.8 Å². The van der Waals surface area contributed by atoms with Crippen molar-refractivity contribution >= 4 is 40.6 Å². The summed E-state index contributed by atoms with van der Waals surface area (Å²) in [6.45, 7) is 6.95. The summed E-state index contributed by atoms with van der Waals surface area (Å²) in [5, 5.41) is 3.52. The number of nitrogens with two attached hydrogens (primary N) is 1. The summed E-state index contributed by atoms with van der Waals surface area (Å²) in [5.74, 6) is -0.584. The van der Waals surface area contributed by atoms with Crippen molar-refractivity contribution in [2.45, 2.75) is 39.7 Å². The zero-order valence-electron chi connectivity index (χ0n) is 15.7. The number of hydrogen-bond donors (Lipinski definition) is 2. The van der Waals surface area contributed by atoms with Crippen molar-refractivity contribution in [1.82, 2.24) is 4.90 Å². The van der Waals surface area contributed by atoms with Crippen molar-refractivity contribution in [3.8, 4) is 0 Å². The van der Waals surface area contributed by atoms with Crippen molar-refractivity contribution in [3.05, 3.63) is 51.4 Å². The van der Waals surface area contributed by atoms with Crippen LogP contribution in [0.15, 0.2) is 24.3 Å². The van der Waals surface area contributed by atoms with Crippen LogP contribution in [0.2, 0.25) is 0 Å². The summed E-state index contributed by atoms with van der Waals surface area (Å²) in [4.78, 5) is 28.0. The van der Waals surface area contributed by atoms with E-state index >= 15 is 0 Å². The number of nitrogens with one attached hydrogen (secondary N) is 1. The molecular weight excluding hydrogens is 382 g/mol. The number of carbonyl (C=O) groups excluding carboxylic acids is 2. The first-order chi connectivity index (χ1) is 12.5. The number of amides is 2. The molecule has 0 saturated carbocycles. The van der Waals surface area contributed by atoms with Gasteiger partial charge in [-0.15, -0.1) is 23.7 Å². The van der Waals surface area contributed by atoms with Gasteiger partial charge in [0.1, 0.15) is 5.00 Å². The molecule has 0 saturated heterocycles. The molecule has 0 spiro atoms. The molecule has 2 heterocycles. The molecule has 3 rings (SSSR count). The lowest BCUT2D eigenvalue weighted by molar-refractivity contribution is -0.115. The number of benzene rings is 1. The molecule has 146 valence electrons. The van der Waals surface area contributed by atoms with E-state index in [9.17, 15) is 9.59 Å². The first kappa shape index (κ1) is 21.4. The highest BCUT2D eigenvalue weighted by Gasteiger charge is 2.27. The van der Waals surface area contributed by atoms with Crippen LogP contribution in [0.4, 0.5) is 5.00 Å². The van der Waals surface area contributed by atoms with Crippen molar-refractivity contribution in [3.63, 3.8) is 0 Å². The highest BCUT2D eigenvalue weighted by atomic mass is 35.5. The minimum atomic E-state index is -0.461. The second-order valence-corrected chi connectivity index (χ2v) is 7.92. The second kappa shape index (κ2) is 9.35. The normalized spacial score (nSPS) is 13.6. The van der Waals surface area contributed by atoms with Crippen LogP contribution in [0.3, 0.4) is 0 Å². The fraction of sp³-hybridized carbons (Fsp3) is 0.400. The fourth-order valence-electron chi connectivity index (χ4n) is 3.49. The van der Waals surface area contributed by atoms with Crippen LogP contribution in [0.25, 0.3) is 0 Å². The van der Waals surface area contributed by atoms with Crippen LogP contribution < -0.4 is 11.1 Å². The van der Waals surface area contributed by atoms with Crippen LogP contribution in [-0.2, 0) is 24.2 Å². The number of carbonyl (C=O) groups is 2. The Labute approximate surface area is 170 Å². The zero-order valence-corrected chi connectivity index (χ0v) is 17.3. The van der Waals surface area contributed by atoms with E-state index in [-0.39, 0.29) is 24.7 Å². The van der Waals surface area contributed by atoms with Crippen LogP contribution in [0, 0.1) is 6.92 Å². The molecule has 1 aromatic carbocycles. The Kier molecular flexibility index (Phi) is 7.41. The molecule has 2 amide bonds. The standard InChI is InChI=1S/C20H25N3O2S.ClH/c1-3-8-23-9-7-15-16(12-23)26-20(18(15)19(21)25)22-17(24)11-14-6-4-5-13(2)10-14;/h4-6,10H,3,7-9,11-12H2,1-2H3,(H2,21,25)(H,22,24);1H. The van der Waals surface area contributed by atoms with Crippen LogP contribution in [0.5, 0.6) is 0 Å². The lowest BCUT2D eigenvalue weighted by Gasteiger charge is -2.26. The number of fused-ring (bicyclic) bond motifs is 1. The average Bonchev–Trinajstić information content (AvgIpc) is 2.92. The molecule has 27 heavy (non-hydrogen) atoms. The first-order valence-electron chi connectivity index (χ1n) is 9.00. The molecular formula is C20H26ClN3O2S. The van der Waals surface area contributed by atoms with Gasteiger partial charge in [0, 0.05) is 18.0 Å². The van der Waals surface area contributed by atoms with Gasteiger partial charge >= 0.3 is 0 Å². The number of halogens is 1. The predicted molar refractivity (Wildman–Crippen MR) is 113 cm³/mol. The largest absolute Gasteiger partial charge is 0.365 e. The number of aryl methyl sites for hydroxylation is 1. The van der Waals surface area contributed by atoms with Gasteiger partial charge in [-0.05, 0) is 37.4 Å². The topological polar surface area (TPSA) is 75.4 Å². The van der Waals surface area contributed by atoms with E-state index in [1.165, 1.54) is 11.3 Å². The van der Waals surface area contributed by atoms with Gasteiger partial charge in [0.2, 0.25) is 5.91 Å². The Hall–Kier alpha value is -1.89. The van der Waals surface area contributed by atoms with E-state index in [2.05, 4.69) is 17.1 Å². The molecule has 0 fully saturated rings. The van der Waals surface area contributed by atoms with E-state index in [1.807, 2.05) is 31.2 Å². The Balaban J connectivity index is 0.00000261. The monoisotopic (exact) mass is 407 g/mol. The van der Waals surface area contributed by atoms with Gasteiger partial charge in [0.25, 0.3) is 5.91 Å². The zero-order chi connectivity index (χ0) is 18.7. The number of hydrogen-bond acceptors (Lipinski definition) is 4. The number of anilines is 1. The Morgan fingerprint density at radius 3 is 2.78 bits per heavy atom. The van der Waals surface area contributed by atoms with Crippen molar-refractivity contribution in [2.75, 3.05) is 18.4 Å². The van der Waals surface area contributed by atoms with E-state index < -0.39 is 5.91 Å². The van der Waals surface area contributed by atoms with E-state index in [0.717, 1.165) is 54.0 Å². The maximum Gasteiger partial charge on any atom is 0.251 e. The molecule has 0 radical (unpaired) electrons. The fourth-order valence-corrected chi connectivity index (χ4v) is 4.80. The molecule has 1 aliphatic rings. The van der Waals surface area contributed by atoms with Crippen LogP contribution in [0.1, 0.15) is 45.3 Å². The van der Waals surface area contributed by atoms with Gasteiger partial charge in [0.05, 0.1) is 12.0 Å². The third kappa shape index (κ3) is 5.09. The third-order valence-electron chi connectivity index (χ3n) is 4.62. The van der Waals surface area contributed by atoms with Crippen molar-refractivity contribution in [2.24, 2.45) is 5.73 Å². The quantitative estimate of drug-likeness (QED) is 0.769. The van der Waals surface area contributed by atoms with E-state index in [1.54, 1.807) is 0 Å². The lowest BCUT2D eigenvalue weighted by atomic mass is 10.0. The highest BCUT2D eigenvalue weighted by Crippen LogP contribution is 2.37. The van der Waals surface area contributed by atoms with Gasteiger partial charge < -0.3 is 11.1 Å². The van der Waals surface area contributed by atoms with Gasteiger partial charge in [0.15, 0.2) is 0 Å². The summed E-state index contributed by atoms with van der Waals surface area (Å²) < 4.78 is 0. The number of primary amides is 1. The molecule has 0 aliphatic carbocycles. The molecule has 1 aliphatic heterocycles. The summed E-state index contributed by atoms with van der Waals surface area (Å²) in [5.41, 5.74) is 9.22. The maximum absolute atomic E-state index is 12.5. The predicted octanol–water partition coefficient (Wildman–Crippen LogP) is 3.53. The number of rotatable bonds is 6. The van der Waals surface area contributed by atoms with E-state index in [0.29, 0.717) is 10.6 Å². The summed E-state index contributed by atoms with van der Waals surface area (Å²) in [6.07, 6.45) is 2.19. The highest BCUT2D eigenvalue weighted by molar-refractivity contribution is 7.17. The Morgan fingerprint density at radius 1 is 1.33 bits per heavy atom. The van der Waals surface area contributed by atoms with Crippen molar-refractivity contribution < 1.29 is 9.59 Å². The van der Waals surface area contributed by atoms with Gasteiger partial charge in [-0.2, -0.15) is 0 Å². The molecule has 0 atom stereocenters. The summed E-state index contributed by atoms with van der Waals surface area (Å²) in [7, 11) is 0. The molecule has 3 N–H and O–H groups in total. The average molecular weight is 408 g/mol. The lowest BCUT2D eigenvalue weighted by Crippen LogP contribution is -2.31. The minimum absolute atomic E-state index is 0. The molecule has 7 heteroatoms. The number of nitrogens with zero attached hydrogens (tertiary/aromatic N) is 1. The van der Waals surface area contributed by atoms with Gasteiger partial charge in [-0.1, -0.05) is 36.8 Å². The van der Waals surface area contributed by atoms with Gasteiger partial charge in [-0.3, -0.25) is 14.5 Å². The van der Waals surface area contributed by atoms with Gasteiger partial charge in [-0.25, -0.2) is 0 Å². The number of thiophene rings is 1. The summed E-state index contributed by atoms with van der Waals surface area (Å²) in [6, 6.07) is 7.88. The second-order valence-electron chi connectivity index (χ2n) is 6.81.